The van der Waals surface area contributed by atoms with Gasteiger partial charge in [0.1, 0.15) is 11.3 Å². The van der Waals surface area contributed by atoms with Gasteiger partial charge in [-0.1, -0.05) is 54.1 Å². The van der Waals surface area contributed by atoms with Gasteiger partial charge in [-0.15, -0.1) is 0 Å². The molecule has 7 nitrogen and oxygen atoms in total. The fourth-order valence-corrected chi connectivity index (χ4v) is 4.65. The zero-order valence-corrected chi connectivity index (χ0v) is 21.8. The molecule has 1 aliphatic heterocycles. The van der Waals surface area contributed by atoms with Crippen LogP contribution in [0.25, 0.3) is 17.0 Å². The van der Waals surface area contributed by atoms with E-state index in [1.807, 2.05) is 68.6 Å². The molecule has 0 unspecified atom stereocenters. The van der Waals surface area contributed by atoms with E-state index in [9.17, 15) is 14.4 Å². The SMILES string of the molecule is Cc1ccc(N2C(=O)NC(=O)/C(=C/c3cn(CCCOc4ccccc4C)c4ccccc34)C2=O)cc1Cl. The zero-order valence-electron chi connectivity index (χ0n) is 21.0. The number of carbonyl (C=O) groups excluding carboxylic acids is 3. The number of imide groups is 2. The van der Waals surface area contributed by atoms with Crippen molar-refractivity contribution in [2.24, 2.45) is 0 Å². The number of nitrogens with one attached hydrogen (secondary N) is 1. The van der Waals surface area contributed by atoms with Crippen LogP contribution in [-0.4, -0.2) is 29.0 Å². The number of para-hydroxylation sites is 2. The van der Waals surface area contributed by atoms with E-state index in [4.69, 9.17) is 16.3 Å². The minimum absolute atomic E-state index is 0.132. The molecule has 1 saturated heterocycles. The van der Waals surface area contributed by atoms with Crippen LogP contribution in [0.1, 0.15) is 23.1 Å². The molecular formula is C30H26ClN3O4. The highest BCUT2D eigenvalue weighted by Crippen LogP contribution is 2.29. The second kappa shape index (κ2) is 10.6. The number of anilines is 1. The molecule has 8 heteroatoms. The number of barbiturate groups is 1. The molecule has 4 aromatic rings. The standard InChI is InChI=1S/C30H26ClN3O4/c1-19-12-13-22(17-25(19)31)34-29(36)24(28(35)32-30(34)37)16-21-18-33(26-10-5-4-9-23(21)26)14-7-15-38-27-11-6-3-8-20(27)2/h3-6,8-13,16-18H,7,14-15H2,1-2H3,(H,32,35,37)/b24-16-. The largest absolute Gasteiger partial charge is 0.493 e. The lowest BCUT2D eigenvalue weighted by atomic mass is 10.1. The number of urea groups is 1. The molecule has 0 bridgehead atoms. The summed E-state index contributed by atoms with van der Waals surface area (Å²) in [6, 6.07) is 19.7. The van der Waals surface area contributed by atoms with Gasteiger partial charge in [0, 0.05) is 34.2 Å². The molecule has 192 valence electrons. The first-order valence-electron chi connectivity index (χ1n) is 12.3. The summed E-state index contributed by atoms with van der Waals surface area (Å²) in [5.74, 6) is -0.578. The first-order chi connectivity index (χ1) is 18.3. The van der Waals surface area contributed by atoms with Gasteiger partial charge in [-0.2, -0.15) is 0 Å². The van der Waals surface area contributed by atoms with E-state index in [0.717, 1.165) is 39.1 Å². The number of aromatic nitrogens is 1. The number of nitrogens with zero attached hydrogens (tertiary/aromatic N) is 2. The topological polar surface area (TPSA) is 80.6 Å². The maximum Gasteiger partial charge on any atom is 0.335 e. The molecule has 0 atom stereocenters. The Morgan fingerprint density at radius 3 is 2.50 bits per heavy atom. The van der Waals surface area contributed by atoms with Gasteiger partial charge in [-0.05, 0) is 61.7 Å². The van der Waals surface area contributed by atoms with Crippen LogP contribution in [0, 0.1) is 13.8 Å². The molecule has 3 aromatic carbocycles. The van der Waals surface area contributed by atoms with Gasteiger partial charge < -0.3 is 9.30 Å². The van der Waals surface area contributed by atoms with E-state index in [0.29, 0.717) is 23.7 Å². The Bertz CT molecular complexity index is 1600. The lowest BCUT2D eigenvalue weighted by Gasteiger charge is -2.26. The fourth-order valence-electron chi connectivity index (χ4n) is 4.48. The molecule has 38 heavy (non-hydrogen) atoms. The third-order valence-electron chi connectivity index (χ3n) is 6.53. The molecule has 4 amide bonds. The van der Waals surface area contributed by atoms with Gasteiger partial charge in [0.15, 0.2) is 0 Å². The molecule has 5 rings (SSSR count). The summed E-state index contributed by atoms with van der Waals surface area (Å²) >= 11 is 6.22. The van der Waals surface area contributed by atoms with Crippen molar-refractivity contribution < 1.29 is 19.1 Å². The number of rotatable bonds is 7. The third-order valence-corrected chi connectivity index (χ3v) is 6.94. The molecule has 2 heterocycles. The molecule has 1 fully saturated rings. The first kappa shape index (κ1) is 25.3. The molecular weight excluding hydrogens is 502 g/mol. The van der Waals surface area contributed by atoms with Crippen molar-refractivity contribution in [3.63, 3.8) is 0 Å². The van der Waals surface area contributed by atoms with Gasteiger partial charge in [-0.3, -0.25) is 14.9 Å². The molecule has 1 N–H and O–H groups in total. The number of amides is 4. The second-order valence-electron chi connectivity index (χ2n) is 9.15. The monoisotopic (exact) mass is 527 g/mol. The maximum atomic E-state index is 13.4. The average molecular weight is 528 g/mol. The number of fused-ring (bicyclic) bond motifs is 1. The van der Waals surface area contributed by atoms with Crippen LogP contribution in [0.2, 0.25) is 5.02 Å². The average Bonchev–Trinajstić information content (AvgIpc) is 3.24. The van der Waals surface area contributed by atoms with Crippen molar-refractivity contribution in [1.29, 1.82) is 0 Å². The van der Waals surface area contributed by atoms with Crippen molar-refractivity contribution in [1.82, 2.24) is 9.88 Å². The van der Waals surface area contributed by atoms with Crippen LogP contribution < -0.4 is 15.0 Å². The zero-order chi connectivity index (χ0) is 26.8. The Balaban J connectivity index is 1.41. The van der Waals surface area contributed by atoms with Gasteiger partial charge in [0.2, 0.25) is 0 Å². The van der Waals surface area contributed by atoms with E-state index < -0.39 is 17.8 Å². The number of aryl methyl sites for hydroxylation is 3. The number of hydrogen-bond donors (Lipinski definition) is 1. The summed E-state index contributed by atoms with van der Waals surface area (Å²) in [6.45, 7) is 5.07. The molecule has 1 aliphatic rings. The summed E-state index contributed by atoms with van der Waals surface area (Å²) in [4.78, 5) is 39.6. The summed E-state index contributed by atoms with van der Waals surface area (Å²) in [5, 5.41) is 3.58. The van der Waals surface area contributed by atoms with Crippen molar-refractivity contribution in [3.8, 4) is 5.75 Å². The van der Waals surface area contributed by atoms with Crippen LogP contribution in [0.5, 0.6) is 5.75 Å². The van der Waals surface area contributed by atoms with E-state index in [-0.39, 0.29) is 11.3 Å². The number of ether oxygens (including phenoxy) is 1. The minimum Gasteiger partial charge on any atom is -0.493 e. The number of benzene rings is 3. The quantitative estimate of drug-likeness (QED) is 0.180. The highest BCUT2D eigenvalue weighted by molar-refractivity contribution is 6.39. The van der Waals surface area contributed by atoms with Gasteiger partial charge in [0.25, 0.3) is 11.8 Å². The molecule has 1 aromatic heterocycles. The predicted molar refractivity (Wildman–Crippen MR) is 148 cm³/mol. The summed E-state index contributed by atoms with van der Waals surface area (Å²) < 4.78 is 8.02. The van der Waals surface area contributed by atoms with Gasteiger partial charge in [-0.25, -0.2) is 9.69 Å². The molecule has 0 saturated carbocycles. The Morgan fingerprint density at radius 1 is 0.947 bits per heavy atom. The number of hydrogen-bond acceptors (Lipinski definition) is 4. The Labute approximate surface area is 225 Å². The highest BCUT2D eigenvalue weighted by atomic mass is 35.5. The number of halogens is 1. The summed E-state index contributed by atoms with van der Waals surface area (Å²) in [5.41, 5.74) is 3.73. The van der Waals surface area contributed by atoms with Gasteiger partial charge >= 0.3 is 6.03 Å². The Hall–Kier alpha value is -4.36. The van der Waals surface area contributed by atoms with Crippen molar-refractivity contribution in [2.75, 3.05) is 11.5 Å². The lowest BCUT2D eigenvalue weighted by molar-refractivity contribution is -0.122. The fraction of sp³-hybridized carbons (Fsp3) is 0.167. The summed E-state index contributed by atoms with van der Waals surface area (Å²) in [7, 11) is 0. The van der Waals surface area contributed by atoms with Crippen molar-refractivity contribution in [3.05, 3.63) is 100 Å². The molecule has 0 spiro atoms. The third kappa shape index (κ3) is 4.93. The van der Waals surface area contributed by atoms with E-state index >= 15 is 0 Å². The summed E-state index contributed by atoms with van der Waals surface area (Å²) in [6.07, 6.45) is 4.21. The van der Waals surface area contributed by atoms with E-state index in [1.165, 1.54) is 12.1 Å². The van der Waals surface area contributed by atoms with Crippen LogP contribution in [0.4, 0.5) is 10.5 Å². The maximum absolute atomic E-state index is 13.4. The van der Waals surface area contributed by atoms with Crippen molar-refractivity contribution >= 4 is 52.1 Å². The van der Waals surface area contributed by atoms with Crippen LogP contribution >= 0.6 is 11.6 Å². The van der Waals surface area contributed by atoms with E-state index in [2.05, 4.69) is 9.88 Å². The first-order valence-corrected chi connectivity index (χ1v) is 12.6. The van der Waals surface area contributed by atoms with Crippen LogP contribution in [0.3, 0.4) is 0 Å². The second-order valence-corrected chi connectivity index (χ2v) is 9.56. The lowest BCUT2D eigenvalue weighted by Crippen LogP contribution is -2.54. The molecule has 0 aliphatic carbocycles. The predicted octanol–water partition coefficient (Wildman–Crippen LogP) is 6.05. The minimum atomic E-state index is -0.812. The van der Waals surface area contributed by atoms with Gasteiger partial charge in [0.05, 0.1) is 12.3 Å². The Morgan fingerprint density at radius 2 is 1.71 bits per heavy atom. The van der Waals surface area contributed by atoms with Crippen LogP contribution in [-0.2, 0) is 16.1 Å². The molecule has 0 radical (unpaired) electrons. The van der Waals surface area contributed by atoms with E-state index in [1.54, 1.807) is 12.1 Å². The van der Waals surface area contributed by atoms with Crippen molar-refractivity contribution in [2.45, 2.75) is 26.8 Å². The Kier molecular flexibility index (Phi) is 7.03. The number of carbonyl (C=O) groups is 3. The normalized spacial score (nSPS) is 14.9. The highest BCUT2D eigenvalue weighted by Gasteiger charge is 2.37. The van der Waals surface area contributed by atoms with Crippen LogP contribution in [0.15, 0.2) is 78.5 Å². The smallest absolute Gasteiger partial charge is 0.335 e.